The van der Waals surface area contributed by atoms with Crippen LogP contribution in [0, 0.1) is 0 Å². The zero-order chi connectivity index (χ0) is 8.27. The number of hydrogen-bond donors (Lipinski definition) is 1. The van der Waals surface area contributed by atoms with Gasteiger partial charge in [-0.2, -0.15) is 0 Å². The first-order chi connectivity index (χ1) is 5.20. The van der Waals surface area contributed by atoms with Crippen LogP contribution in [0.5, 0.6) is 0 Å². The van der Waals surface area contributed by atoms with Crippen molar-refractivity contribution >= 4 is 5.97 Å². The van der Waals surface area contributed by atoms with Gasteiger partial charge in [0.2, 0.25) is 0 Å². The molecule has 0 aromatic heterocycles. The molecule has 3 heteroatoms. The zero-order valence-electron chi connectivity index (χ0n) is 6.75. The van der Waals surface area contributed by atoms with Gasteiger partial charge in [0.15, 0.2) is 0 Å². The van der Waals surface area contributed by atoms with Crippen molar-refractivity contribution in [2.24, 2.45) is 0 Å². The van der Waals surface area contributed by atoms with Gasteiger partial charge in [0.1, 0.15) is 6.10 Å². The third-order valence-corrected chi connectivity index (χ3v) is 1.99. The molecule has 2 atom stereocenters. The van der Waals surface area contributed by atoms with Gasteiger partial charge in [0.25, 0.3) is 0 Å². The van der Waals surface area contributed by atoms with Crippen molar-refractivity contribution in [2.45, 2.75) is 44.8 Å². The molecule has 1 aliphatic carbocycles. The lowest BCUT2D eigenvalue weighted by Gasteiger charge is -2.26. The Morgan fingerprint density at radius 3 is 2.64 bits per heavy atom. The second kappa shape index (κ2) is 3.72. The molecule has 0 unspecified atom stereocenters. The highest BCUT2D eigenvalue weighted by Gasteiger charge is 2.24. The summed E-state index contributed by atoms with van der Waals surface area (Å²) >= 11 is 0. The molecule has 0 aromatic carbocycles. The van der Waals surface area contributed by atoms with Crippen molar-refractivity contribution in [3.63, 3.8) is 0 Å². The highest BCUT2D eigenvalue weighted by Crippen LogP contribution is 2.20. The smallest absolute Gasteiger partial charge is 0.302 e. The predicted octanol–water partition coefficient (Wildman–Crippen LogP) is 0.853. The first-order valence-corrected chi connectivity index (χ1v) is 4.05. The van der Waals surface area contributed by atoms with Crippen LogP contribution in [0.15, 0.2) is 0 Å². The van der Waals surface area contributed by atoms with Gasteiger partial charge in [0, 0.05) is 6.92 Å². The number of carbonyl (C=O) groups is 1. The fourth-order valence-electron chi connectivity index (χ4n) is 1.43. The number of aliphatic hydroxyl groups is 1. The summed E-state index contributed by atoms with van der Waals surface area (Å²) in [6, 6.07) is 0. The van der Waals surface area contributed by atoms with Gasteiger partial charge in [-0.05, 0) is 19.3 Å². The van der Waals surface area contributed by atoms with E-state index in [1.165, 1.54) is 6.92 Å². The molecule has 1 N–H and O–H groups in total. The first-order valence-electron chi connectivity index (χ1n) is 4.05. The van der Waals surface area contributed by atoms with Gasteiger partial charge in [-0.15, -0.1) is 0 Å². The van der Waals surface area contributed by atoms with Gasteiger partial charge in [-0.3, -0.25) is 4.79 Å². The van der Waals surface area contributed by atoms with E-state index in [-0.39, 0.29) is 12.1 Å². The molecule has 64 valence electrons. The van der Waals surface area contributed by atoms with Crippen LogP contribution in [-0.4, -0.2) is 23.3 Å². The largest absolute Gasteiger partial charge is 0.460 e. The summed E-state index contributed by atoms with van der Waals surface area (Å²) in [6.45, 7) is 1.38. The monoisotopic (exact) mass is 158 g/mol. The molecule has 0 spiro atoms. The number of esters is 1. The summed E-state index contributed by atoms with van der Waals surface area (Å²) in [5.74, 6) is -0.295. The van der Waals surface area contributed by atoms with Crippen molar-refractivity contribution in [2.75, 3.05) is 0 Å². The predicted molar refractivity (Wildman–Crippen MR) is 40.0 cm³/mol. The van der Waals surface area contributed by atoms with E-state index in [2.05, 4.69) is 0 Å². The summed E-state index contributed by atoms with van der Waals surface area (Å²) in [7, 11) is 0. The highest BCUT2D eigenvalue weighted by atomic mass is 16.6. The molecule has 0 amide bonds. The third kappa shape index (κ3) is 2.50. The van der Waals surface area contributed by atoms with E-state index in [4.69, 9.17) is 4.74 Å². The minimum atomic E-state index is -0.437. The maximum absolute atomic E-state index is 10.5. The first kappa shape index (κ1) is 8.53. The van der Waals surface area contributed by atoms with Crippen LogP contribution in [0.25, 0.3) is 0 Å². The lowest BCUT2D eigenvalue weighted by atomic mass is 9.95. The maximum Gasteiger partial charge on any atom is 0.302 e. The average molecular weight is 158 g/mol. The van der Waals surface area contributed by atoms with Gasteiger partial charge in [0.05, 0.1) is 6.10 Å². The van der Waals surface area contributed by atoms with Crippen molar-refractivity contribution in [3.05, 3.63) is 0 Å². The van der Waals surface area contributed by atoms with Crippen molar-refractivity contribution in [1.82, 2.24) is 0 Å². The molecule has 0 bridgehead atoms. The molecule has 3 nitrogen and oxygen atoms in total. The number of rotatable bonds is 1. The Morgan fingerprint density at radius 1 is 1.45 bits per heavy atom. The van der Waals surface area contributed by atoms with Gasteiger partial charge in [-0.25, -0.2) is 0 Å². The van der Waals surface area contributed by atoms with Crippen molar-refractivity contribution in [3.8, 4) is 0 Å². The van der Waals surface area contributed by atoms with E-state index in [9.17, 15) is 9.90 Å². The van der Waals surface area contributed by atoms with Gasteiger partial charge < -0.3 is 9.84 Å². The summed E-state index contributed by atoms with van der Waals surface area (Å²) < 4.78 is 4.91. The SMILES string of the molecule is CC(=O)O[C@H]1CCCC[C@H]1O. The molecule has 1 saturated carbocycles. The normalized spacial score (nSPS) is 31.5. The van der Waals surface area contributed by atoms with Crippen LogP contribution < -0.4 is 0 Å². The number of aliphatic hydroxyl groups excluding tert-OH is 1. The molecule has 0 saturated heterocycles. The lowest BCUT2D eigenvalue weighted by molar-refractivity contribution is -0.154. The van der Waals surface area contributed by atoms with E-state index in [1.54, 1.807) is 0 Å². The summed E-state index contributed by atoms with van der Waals surface area (Å²) in [5.41, 5.74) is 0. The Hall–Kier alpha value is -0.570. The molecule has 1 rings (SSSR count). The molecule has 0 radical (unpaired) electrons. The maximum atomic E-state index is 10.5. The van der Waals surface area contributed by atoms with E-state index < -0.39 is 6.10 Å². The minimum Gasteiger partial charge on any atom is -0.460 e. The van der Waals surface area contributed by atoms with Crippen LogP contribution in [0.4, 0.5) is 0 Å². The van der Waals surface area contributed by atoms with Crippen molar-refractivity contribution in [1.29, 1.82) is 0 Å². The van der Waals surface area contributed by atoms with E-state index in [0.29, 0.717) is 0 Å². The third-order valence-electron chi connectivity index (χ3n) is 1.99. The van der Waals surface area contributed by atoms with Crippen LogP contribution in [0.3, 0.4) is 0 Å². The molecule has 0 aromatic rings. The van der Waals surface area contributed by atoms with Crippen LogP contribution in [-0.2, 0) is 9.53 Å². The zero-order valence-corrected chi connectivity index (χ0v) is 6.75. The van der Waals surface area contributed by atoms with Crippen LogP contribution >= 0.6 is 0 Å². The highest BCUT2D eigenvalue weighted by molar-refractivity contribution is 5.66. The number of ether oxygens (including phenoxy) is 1. The lowest BCUT2D eigenvalue weighted by Crippen LogP contribution is -2.33. The molecule has 0 aliphatic heterocycles. The molecular weight excluding hydrogens is 144 g/mol. The summed E-state index contributed by atoms with van der Waals surface area (Å²) in [6.07, 6.45) is 2.97. The second-order valence-electron chi connectivity index (χ2n) is 3.00. The summed E-state index contributed by atoms with van der Waals surface area (Å²) in [4.78, 5) is 10.5. The van der Waals surface area contributed by atoms with E-state index in [0.717, 1.165) is 25.7 Å². The molecule has 0 heterocycles. The standard InChI is InChI=1S/C8H14O3/c1-6(9)11-8-5-3-2-4-7(8)10/h7-8,10H,2-5H2,1H3/t7-,8+/m1/s1. The Kier molecular flexibility index (Phi) is 2.88. The van der Waals surface area contributed by atoms with Crippen LogP contribution in [0.2, 0.25) is 0 Å². The van der Waals surface area contributed by atoms with Gasteiger partial charge >= 0.3 is 5.97 Å². The summed E-state index contributed by atoms with van der Waals surface area (Å²) in [5, 5.41) is 9.34. The molecule has 1 aliphatic rings. The Balaban J connectivity index is 2.35. The van der Waals surface area contributed by atoms with Crippen LogP contribution in [0.1, 0.15) is 32.6 Å². The minimum absolute atomic E-state index is 0.249. The average Bonchev–Trinajstić information content (AvgIpc) is 1.93. The fraction of sp³-hybridized carbons (Fsp3) is 0.875. The fourth-order valence-corrected chi connectivity index (χ4v) is 1.43. The quantitative estimate of drug-likeness (QED) is 0.575. The Morgan fingerprint density at radius 2 is 2.09 bits per heavy atom. The molecule has 1 fully saturated rings. The number of hydrogen-bond acceptors (Lipinski definition) is 3. The topological polar surface area (TPSA) is 46.5 Å². The Bertz CT molecular complexity index is 144. The van der Waals surface area contributed by atoms with E-state index in [1.807, 2.05) is 0 Å². The second-order valence-corrected chi connectivity index (χ2v) is 3.00. The van der Waals surface area contributed by atoms with Crippen molar-refractivity contribution < 1.29 is 14.6 Å². The Labute approximate surface area is 66.4 Å². The number of carbonyl (C=O) groups excluding carboxylic acids is 1. The molecule has 11 heavy (non-hydrogen) atoms. The molecular formula is C8H14O3. The van der Waals surface area contributed by atoms with Gasteiger partial charge in [-0.1, -0.05) is 6.42 Å². The van der Waals surface area contributed by atoms with E-state index >= 15 is 0 Å².